The van der Waals surface area contributed by atoms with E-state index in [1.54, 1.807) is 0 Å². The minimum atomic E-state index is 0.313. The lowest BCUT2D eigenvalue weighted by Gasteiger charge is -2.42. The third-order valence-corrected chi connectivity index (χ3v) is 5.00. The molecule has 0 radical (unpaired) electrons. The van der Waals surface area contributed by atoms with Crippen LogP contribution in [0.3, 0.4) is 0 Å². The highest BCUT2D eigenvalue weighted by Gasteiger charge is 2.29. The van der Waals surface area contributed by atoms with Gasteiger partial charge in [0.1, 0.15) is 19.6 Å². The van der Waals surface area contributed by atoms with Crippen LogP contribution in [0.1, 0.15) is 41.0 Å². The van der Waals surface area contributed by atoms with Crippen molar-refractivity contribution in [3.8, 4) is 0 Å². The molecule has 0 aromatic heterocycles. The third-order valence-electron chi connectivity index (χ3n) is 5.00. The monoisotopic (exact) mass is 260 g/mol. The molecule has 0 aliphatic carbocycles. The van der Waals surface area contributed by atoms with Gasteiger partial charge in [-0.25, -0.2) is 0 Å². The molecule has 110 valence electrons. The molecule has 0 aliphatic heterocycles. The van der Waals surface area contributed by atoms with E-state index in [0.717, 1.165) is 24.1 Å². The summed E-state index contributed by atoms with van der Waals surface area (Å²) in [6.07, 6.45) is 1.26. The predicted octanol–water partition coefficient (Wildman–Crippen LogP) is 2.10. The number of quaternary nitrogens is 2. The smallest absolute Gasteiger partial charge is 0.129 e. The van der Waals surface area contributed by atoms with Crippen molar-refractivity contribution in [1.29, 1.82) is 0 Å². The molecule has 0 heterocycles. The average Bonchev–Trinajstić information content (AvgIpc) is 2.42. The number of nitrogens with zero attached hydrogens (tertiary/aromatic N) is 2. The Balaban J connectivity index is 4.64. The van der Waals surface area contributed by atoms with E-state index in [1.165, 1.54) is 43.6 Å². The Morgan fingerprint density at radius 3 is 1.28 bits per heavy atom. The van der Waals surface area contributed by atoms with Crippen molar-refractivity contribution in [3.63, 3.8) is 0 Å². The van der Waals surface area contributed by atoms with Gasteiger partial charge in [0, 0.05) is 0 Å². The van der Waals surface area contributed by atoms with E-state index in [4.69, 9.17) is 0 Å². The van der Waals surface area contributed by atoms with Crippen molar-refractivity contribution in [2.24, 2.45) is 0 Å². The first-order valence-electron chi connectivity index (χ1n) is 7.88. The van der Waals surface area contributed by atoms with Crippen LogP contribution in [-0.2, 0) is 0 Å². The second-order valence-electron chi connectivity index (χ2n) is 5.57. The fourth-order valence-corrected chi connectivity index (χ4v) is 3.05. The number of rotatable bonds is 11. The highest BCUT2D eigenvalue weighted by Crippen LogP contribution is 2.12. The number of aliphatic hydroxyl groups excluding tert-OH is 1. The van der Waals surface area contributed by atoms with Crippen LogP contribution >= 0.6 is 0 Å². The van der Waals surface area contributed by atoms with Gasteiger partial charge in [0.15, 0.2) is 0 Å². The zero-order valence-electron chi connectivity index (χ0n) is 13.4. The van der Waals surface area contributed by atoms with Crippen LogP contribution in [0, 0.1) is 0 Å². The Hall–Kier alpha value is -0.120. The lowest BCUT2D eigenvalue weighted by Crippen LogP contribution is -2.58. The molecule has 0 aromatic rings. The van der Waals surface area contributed by atoms with E-state index in [1.807, 2.05) is 0 Å². The highest BCUT2D eigenvalue weighted by atomic mass is 16.3. The number of hydrogen-bond donors (Lipinski definition) is 1. The largest absolute Gasteiger partial charge is 0.391 e. The van der Waals surface area contributed by atoms with E-state index < -0.39 is 0 Å². The molecule has 0 saturated heterocycles. The normalized spacial score (nSPS) is 13.0. The number of hydrogen-bond acceptors (Lipinski definition) is 1. The van der Waals surface area contributed by atoms with E-state index in [2.05, 4.69) is 34.6 Å². The molecular formula is C15H36N2O+2. The maximum atomic E-state index is 9.29. The second-order valence-corrected chi connectivity index (χ2v) is 5.57. The van der Waals surface area contributed by atoms with E-state index in [-0.39, 0.29) is 0 Å². The summed E-state index contributed by atoms with van der Waals surface area (Å²) in [5, 5.41) is 9.29. The maximum absolute atomic E-state index is 9.29. The van der Waals surface area contributed by atoms with Gasteiger partial charge in [-0.1, -0.05) is 6.92 Å². The minimum absolute atomic E-state index is 0.313. The Kier molecular flexibility index (Phi) is 8.83. The molecule has 0 amide bonds. The lowest BCUT2D eigenvalue weighted by atomic mass is 10.2. The van der Waals surface area contributed by atoms with Gasteiger partial charge in [0.2, 0.25) is 0 Å². The lowest BCUT2D eigenvalue weighted by molar-refractivity contribution is -0.978. The van der Waals surface area contributed by atoms with Crippen molar-refractivity contribution in [2.45, 2.75) is 41.0 Å². The van der Waals surface area contributed by atoms with Gasteiger partial charge in [0.25, 0.3) is 0 Å². The molecule has 0 bridgehead atoms. The van der Waals surface area contributed by atoms with Crippen LogP contribution in [0.2, 0.25) is 0 Å². The summed E-state index contributed by atoms with van der Waals surface area (Å²) < 4.78 is 2.31. The standard InChI is InChI=1S/C15H36N2O/c1-6-11-16(7-2,8-3)12-13-17(9-4,10-5)14-15-18/h18H,6-15H2,1-5H3/q+2. The fourth-order valence-electron chi connectivity index (χ4n) is 3.05. The molecule has 0 saturated carbocycles. The molecule has 0 fully saturated rings. The van der Waals surface area contributed by atoms with Gasteiger partial charge in [-0.2, -0.15) is 0 Å². The van der Waals surface area contributed by atoms with Crippen molar-refractivity contribution < 1.29 is 14.1 Å². The molecular weight excluding hydrogens is 224 g/mol. The molecule has 0 unspecified atom stereocenters. The Morgan fingerprint density at radius 2 is 1.00 bits per heavy atom. The second kappa shape index (κ2) is 8.89. The molecule has 18 heavy (non-hydrogen) atoms. The summed E-state index contributed by atoms with van der Waals surface area (Å²) in [5.74, 6) is 0. The topological polar surface area (TPSA) is 20.2 Å². The van der Waals surface area contributed by atoms with Crippen LogP contribution in [-0.4, -0.2) is 73.0 Å². The molecule has 3 nitrogen and oxygen atoms in total. The minimum Gasteiger partial charge on any atom is -0.391 e. The SMILES string of the molecule is CCC[N+](CC)(CC)CC[N+](CC)(CC)CCO. The molecule has 1 N–H and O–H groups in total. The Labute approximate surface area is 115 Å². The van der Waals surface area contributed by atoms with Gasteiger partial charge < -0.3 is 14.1 Å². The molecule has 0 rings (SSSR count). The molecule has 0 atom stereocenters. The van der Waals surface area contributed by atoms with Crippen molar-refractivity contribution in [3.05, 3.63) is 0 Å². The van der Waals surface area contributed by atoms with Crippen molar-refractivity contribution in [1.82, 2.24) is 0 Å². The fraction of sp³-hybridized carbons (Fsp3) is 1.00. The van der Waals surface area contributed by atoms with Crippen molar-refractivity contribution in [2.75, 3.05) is 59.0 Å². The number of likely N-dealkylation sites (N-methyl/N-ethyl adjacent to an activating group) is 2. The van der Waals surface area contributed by atoms with Gasteiger partial charge in [0.05, 0.1) is 39.3 Å². The third kappa shape index (κ3) is 4.87. The van der Waals surface area contributed by atoms with E-state index in [0.29, 0.717) is 6.61 Å². The van der Waals surface area contributed by atoms with Gasteiger partial charge in [-0.15, -0.1) is 0 Å². The van der Waals surface area contributed by atoms with Crippen LogP contribution < -0.4 is 0 Å². The van der Waals surface area contributed by atoms with Gasteiger partial charge in [-0.05, 0) is 34.1 Å². The van der Waals surface area contributed by atoms with Crippen LogP contribution in [0.15, 0.2) is 0 Å². The quantitative estimate of drug-likeness (QED) is 0.564. The summed E-state index contributed by atoms with van der Waals surface area (Å²) in [6, 6.07) is 0. The van der Waals surface area contributed by atoms with Crippen LogP contribution in [0.5, 0.6) is 0 Å². The maximum Gasteiger partial charge on any atom is 0.129 e. The average molecular weight is 260 g/mol. The summed E-state index contributed by atoms with van der Waals surface area (Å²) in [4.78, 5) is 0. The zero-order valence-corrected chi connectivity index (χ0v) is 13.4. The summed E-state index contributed by atoms with van der Waals surface area (Å²) in [6.45, 7) is 21.1. The van der Waals surface area contributed by atoms with Crippen LogP contribution in [0.25, 0.3) is 0 Å². The summed E-state index contributed by atoms with van der Waals surface area (Å²) in [7, 11) is 0. The Bertz CT molecular complexity index is 177. The van der Waals surface area contributed by atoms with Gasteiger partial charge in [-0.3, -0.25) is 0 Å². The van der Waals surface area contributed by atoms with E-state index >= 15 is 0 Å². The first-order chi connectivity index (χ1) is 8.57. The number of aliphatic hydroxyl groups is 1. The Morgan fingerprint density at radius 1 is 0.611 bits per heavy atom. The molecule has 0 spiro atoms. The summed E-state index contributed by atoms with van der Waals surface area (Å²) >= 11 is 0. The highest BCUT2D eigenvalue weighted by molar-refractivity contribution is 4.45. The predicted molar refractivity (Wildman–Crippen MR) is 79.5 cm³/mol. The molecule has 0 aromatic carbocycles. The summed E-state index contributed by atoms with van der Waals surface area (Å²) in [5.41, 5.74) is 0. The zero-order chi connectivity index (χ0) is 14.1. The molecule has 3 heteroatoms. The van der Waals surface area contributed by atoms with Crippen molar-refractivity contribution >= 4 is 0 Å². The first kappa shape index (κ1) is 17.9. The molecule has 0 aliphatic rings. The van der Waals surface area contributed by atoms with Crippen LogP contribution in [0.4, 0.5) is 0 Å². The van der Waals surface area contributed by atoms with E-state index in [9.17, 15) is 5.11 Å². The first-order valence-corrected chi connectivity index (χ1v) is 7.88. The van der Waals surface area contributed by atoms with Gasteiger partial charge >= 0.3 is 0 Å².